The van der Waals surface area contributed by atoms with Gasteiger partial charge in [0, 0.05) is 19.7 Å². The lowest BCUT2D eigenvalue weighted by Crippen LogP contribution is -2.52. The van der Waals surface area contributed by atoms with Gasteiger partial charge in [0.05, 0.1) is 12.6 Å². The Hall–Kier alpha value is -0.810. The van der Waals surface area contributed by atoms with Gasteiger partial charge in [-0.25, -0.2) is 10.8 Å². The molecule has 0 radical (unpaired) electrons. The zero-order valence-electron chi connectivity index (χ0n) is 11.4. The van der Waals surface area contributed by atoms with E-state index in [4.69, 9.17) is 10.6 Å². The van der Waals surface area contributed by atoms with Crippen molar-refractivity contribution < 1.29 is 4.74 Å². The molecule has 1 unspecified atom stereocenters. The molecule has 1 atom stereocenters. The molecule has 0 bridgehead atoms. The number of nitrogens with two attached hydrogens (primary N) is 1. The van der Waals surface area contributed by atoms with E-state index in [9.17, 15) is 0 Å². The van der Waals surface area contributed by atoms with Crippen molar-refractivity contribution in [2.24, 2.45) is 10.8 Å². The van der Waals surface area contributed by atoms with Crippen molar-refractivity contribution in [3.63, 3.8) is 0 Å². The Labute approximate surface area is 99.0 Å². The van der Waals surface area contributed by atoms with Gasteiger partial charge in [-0.2, -0.15) is 0 Å². The summed E-state index contributed by atoms with van der Waals surface area (Å²) in [6, 6.07) is 0.0890. The van der Waals surface area contributed by atoms with E-state index in [0.29, 0.717) is 12.6 Å². The van der Waals surface area contributed by atoms with Gasteiger partial charge in [0.25, 0.3) is 0 Å². The van der Waals surface area contributed by atoms with Gasteiger partial charge in [-0.3, -0.25) is 5.43 Å². The highest BCUT2D eigenvalue weighted by Crippen LogP contribution is 2.16. The van der Waals surface area contributed by atoms with Crippen molar-refractivity contribution in [2.45, 2.75) is 45.7 Å². The van der Waals surface area contributed by atoms with Crippen LogP contribution in [-0.2, 0) is 4.74 Å². The number of nitrogens with one attached hydrogen (secondary N) is 1. The summed E-state index contributed by atoms with van der Waals surface area (Å²) in [6.07, 6.45) is 1.02. The molecule has 5 nitrogen and oxygen atoms in total. The van der Waals surface area contributed by atoms with Crippen molar-refractivity contribution in [1.82, 2.24) is 10.3 Å². The molecular weight excluding hydrogens is 204 g/mol. The summed E-state index contributed by atoms with van der Waals surface area (Å²) in [4.78, 5) is 6.54. The molecule has 3 N–H and O–H groups in total. The quantitative estimate of drug-likeness (QED) is 0.320. The van der Waals surface area contributed by atoms with Crippen molar-refractivity contribution in [3.05, 3.63) is 0 Å². The molecule has 5 heteroatoms. The molecular formula is C11H26N4O. The van der Waals surface area contributed by atoms with E-state index in [1.54, 1.807) is 7.11 Å². The highest BCUT2D eigenvalue weighted by Gasteiger charge is 2.24. The number of hydrazine groups is 1. The average Bonchev–Trinajstić information content (AvgIpc) is 2.25. The zero-order chi connectivity index (χ0) is 12.8. The predicted octanol–water partition coefficient (Wildman–Crippen LogP) is 0.961. The Morgan fingerprint density at radius 3 is 2.50 bits per heavy atom. The molecule has 0 aliphatic heterocycles. The molecule has 0 aliphatic rings. The molecule has 16 heavy (non-hydrogen) atoms. The first kappa shape index (κ1) is 15.2. The van der Waals surface area contributed by atoms with Crippen LogP contribution in [-0.4, -0.2) is 43.2 Å². The molecule has 0 rings (SSSR count). The summed E-state index contributed by atoms with van der Waals surface area (Å²) >= 11 is 0. The molecule has 0 amide bonds. The van der Waals surface area contributed by atoms with E-state index >= 15 is 0 Å². The predicted molar refractivity (Wildman–Crippen MR) is 68.2 cm³/mol. The van der Waals surface area contributed by atoms with Crippen LogP contribution in [0.5, 0.6) is 0 Å². The summed E-state index contributed by atoms with van der Waals surface area (Å²) in [5, 5.41) is 0. The maximum Gasteiger partial charge on any atom is 0.208 e. The summed E-state index contributed by atoms with van der Waals surface area (Å²) in [5.41, 5.74) is 2.68. The fourth-order valence-electron chi connectivity index (χ4n) is 1.23. The summed E-state index contributed by atoms with van der Waals surface area (Å²) < 4.78 is 5.05. The van der Waals surface area contributed by atoms with Gasteiger partial charge < -0.3 is 9.64 Å². The van der Waals surface area contributed by atoms with Crippen molar-refractivity contribution in [2.75, 3.05) is 20.8 Å². The molecule has 0 spiro atoms. The van der Waals surface area contributed by atoms with E-state index < -0.39 is 0 Å². The lowest BCUT2D eigenvalue weighted by molar-refractivity contribution is 0.183. The highest BCUT2D eigenvalue weighted by atomic mass is 16.5. The van der Waals surface area contributed by atoms with Crippen LogP contribution in [0.1, 0.15) is 34.1 Å². The molecule has 0 aliphatic carbocycles. The van der Waals surface area contributed by atoms with Crippen molar-refractivity contribution >= 4 is 5.96 Å². The second-order valence-electron chi connectivity index (χ2n) is 4.63. The number of aliphatic imine (C=N–C) groups is 1. The van der Waals surface area contributed by atoms with Crippen LogP contribution in [0.15, 0.2) is 4.99 Å². The van der Waals surface area contributed by atoms with Crippen LogP contribution in [0.2, 0.25) is 0 Å². The Bertz CT molecular complexity index is 228. The Kier molecular flexibility index (Phi) is 6.36. The number of rotatable bonds is 5. The van der Waals surface area contributed by atoms with Crippen LogP contribution in [0.4, 0.5) is 0 Å². The molecule has 96 valence electrons. The Morgan fingerprint density at radius 1 is 1.56 bits per heavy atom. The fourth-order valence-corrected chi connectivity index (χ4v) is 1.23. The second-order valence-corrected chi connectivity index (χ2v) is 4.63. The van der Waals surface area contributed by atoms with Crippen LogP contribution in [0.25, 0.3) is 0 Å². The molecule has 0 aromatic carbocycles. The van der Waals surface area contributed by atoms with Crippen LogP contribution < -0.4 is 11.3 Å². The number of hydrogen-bond donors (Lipinski definition) is 2. The first-order valence-electron chi connectivity index (χ1n) is 5.66. The smallest absolute Gasteiger partial charge is 0.208 e. The number of methoxy groups -OCH3 is 1. The lowest BCUT2D eigenvalue weighted by Gasteiger charge is -2.37. The third kappa shape index (κ3) is 4.37. The summed E-state index contributed by atoms with van der Waals surface area (Å²) in [5.74, 6) is 6.20. The largest absolute Gasteiger partial charge is 0.382 e. The normalized spacial score (nSPS) is 14.8. The van der Waals surface area contributed by atoms with Crippen LogP contribution >= 0.6 is 0 Å². The fraction of sp³-hybridized carbons (Fsp3) is 0.909. The van der Waals surface area contributed by atoms with E-state index in [1.165, 1.54) is 0 Å². The van der Waals surface area contributed by atoms with Gasteiger partial charge in [0.1, 0.15) is 0 Å². The lowest BCUT2D eigenvalue weighted by atomic mass is 10.0. The van der Waals surface area contributed by atoms with Gasteiger partial charge in [-0.15, -0.1) is 0 Å². The molecule has 0 saturated heterocycles. The Balaban J connectivity index is 4.72. The van der Waals surface area contributed by atoms with Gasteiger partial charge in [0.15, 0.2) is 0 Å². The number of nitrogens with zero attached hydrogens (tertiary/aromatic N) is 2. The average molecular weight is 230 g/mol. The van der Waals surface area contributed by atoms with E-state index in [2.05, 4.69) is 36.1 Å². The topological polar surface area (TPSA) is 62.9 Å². The molecule has 0 aromatic heterocycles. The van der Waals surface area contributed by atoms with Crippen molar-refractivity contribution in [3.8, 4) is 0 Å². The van der Waals surface area contributed by atoms with Crippen LogP contribution in [0, 0.1) is 0 Å². The minimum Gasteiger partial charge on any atom is -0.382 e. The van der Waals surface area contributed by atoms with E-state index in [1.807, 2.05) is 14.0 Å². The van der Waals surface area contributed by atoms with Crippen molar-refractivity contribution in [1.29, 1.82) is 0 Å². The third-order valence-corrected chi connectivity index (χ3v) is 2.97. The van der Waals surface area contributed by atoms with Gasteiger partial charge in [0.2, 0.25) is 5.96 Å². The molecule has 0 saturated carbocycles. The molecule has 0 heterocycles. The number of ether oxygens (including phenoxy) is 1. The number of hydrogen-bond acceptors (Lipinski definition) is 3. The SMILES string of the molecule is CCC(C)(C)N(C)C(=NC(C)COC)NN. The molecule has 0 fully saturated rings. The molecule has 0 aromatic rings. The van der Waals surface area contributed by atoms with Gasteiger partial charge >= 0.3 is 0 Å². The maximum atomic E-state index is 5.51. The van der Waals surface area contributed by atoms with E-state index in [0.717, 1.165) is 6.42 Å². The summed E-state index contributed by atoms with van der Waals surface area (Å²) in [6.45, 7) is 9.03. The number of guanidine groups is 1. The highest BCUT2D eigenvalue weighted by molar-refractivity contribution is 5.80. The third-order valence-electron chi connectivity index (χ3n) is 2.97. The van der Waals surface area contributed by atoms with E-state index in [-0.39, 0.29) is 11.6 Å². The monoisotopic (exact) mass is 230 g/mol. The standard InChI is InChI=1S/C11H26N4O/c1-7-11(3,4)15(5)10(14-12)13-9(2)8-16-6/h9H,7-8,12H2,1-6H3,(H,13,14). The first-order chi connectivity index (χ1) is 7.38. The second kappa shape index (κ2) is 6.70. The Morgan fingerprint density at radius 2 is 2.12 bits per heavy atom. The van der Waals surface area contributed by atoms with Gasteiger partial charge in [-0.05, 0) is 27.2 Å². The summed E-state index contributed by atoms with van der Waals surface area (Å²) in [7, 11) is 3.66. The minimum atomic E-state index is 0.0258. The van der Waals surface area contributed by atoms with Gasteiger partial charge in [-0.1, -0.05) is 6.92 Å². The maximum absolute atomic E-state index is 5.51. The van der Waals surface area contributed by atoms with Crippen LogP contribution in [0.3, 0.4) is 0 Å². The zero-order valence-corrected chi connectivity index (χ0v) is 11.4. The first-order valence-corrected chi connectivity index (χ1v) is 5.66. The minimum absolute atomic E-state index is 0.0258.